The van der Waals surface area contributed by atoms with Crippen LogP contribution in [0.15, 0.2) is 59.4 Å². The maximum Gasteiger partial charge on any atom is 0.259 e. The van der Waals surface area contributed by atoms with Gasteiger partial charge >= 0.3 is 0 Å². The van der Waals surface area contributed by atoms with Gasteiger partial charge < -0.3 is 15.0 Å². The molecule has 0 saturated carbocycles. The smallest absolute Gasteiger partial charge is 0.259 e. The molecule has 2 aromatic heterocycles. The third kappa shape index (κ3) is 4.42. The molecule has 1 aliphatic carbocycles. The van der Waals surface area contributed by atoms with Crippen molar-refractivity contribution in [2.24, 2.45) is 0 Å². The number of benzene rings is 2. The van der Waals surface area contributed by atoms with Gasteiger partial charge in [0, 0.05) is 4.88 Å². The van der Waals surface area contributed by atoms with Crippen LogP contribution in [0.5, 0.6) is 11.5 Å². The van der Waals surface area contributed by atoms with Crippen LogP contribution in [-0.2, 0) is 23.4 Å². The molecule has 0 atom stereocenters. The molecule has 32 heavy (non-hydrogen) atoms. The fourth-order valence-electron chi connectivity index (χ4n) is 3.82. The monoisotopic (exact) mass is 463 g/mol. The van der Waals surface area contributed by atoms with Crippen molar-refractivity contribution < 1.29 is 9.53 Å². The van der Waals surface area contributed by atoms with Crippen molar-refractivity contribution in [1.29, 1.82) is 0 Å². The fourth-order valence-corrected chi connectivity index (χ4v) is 5.79. The molecule has 0 radical (unpaired) electrons. The van der Waals surface area contributed by atoms with Crippen LogP contribution in [0, 0.1) is 0 Å². The molecule has 0 aliphatic heterocycles. The summed E-state index contributed by atoms with van der Waals surface area (Å²) in [6, 6.07) is 16.8. The SMILES string of the molecule is O=C(CSCc1nc2sc3c(c2c(=O)[nH]1)CCC3)Nc1ccccc1Oc1ccccc1. The minimum Gasteiger partial charge on any atom is -0.455 e. The first-order valence-corrected chi connectivity index (χ1v) is 12.4. The molecule has 6 nitrogen and oxygen atoms in total. The molecule has 0 unspecified atom stereocenters. The Bertz CT molecular complexity index is 1330. The van der Waals surface area contributed by atoms with Crippen molar-refractivity contribution >= 4 is 44.9 Å². The number of amides is 1. The van der Waals surface area contributed by atoms with Gasteiger partial charge in [-0.2, -0.15) is 0 Å². The summed E-state index contributed by atoms with van der Waals surface area (Å²) in [5.41, 5.74) is 1.72. The van der Waals surface area contributed by atoms with Crippen molar-refractivity contribution in [3.63, 3.8) is 0 Å². The summed E-state index contributed by atoms with van der Waals surface area (Å²) in [4.78, 5) is 34.7. The van der Waals surface area contributed by atoms with Crippen LogP contribution in [0.2, 0.25) is 0 Å². The van der Waals surface area contributed by atoms with Crippen LogP contribution < -0.4 is 15.6 Å². The molecule has 5 rings (SSSR count). The number of hydrogen-bond donors (Lipinski definition) is 2. The van der Waals surface area contributed by atoms with E-state index in [0.29, 0.717) is 28.8 Å². The maximum atomic E-state index is 12.6. The molecule has 1 aliphatic rings. The number of aromatic nitrogens is 2. The summed E-state index contributed by atoms with van der Waals surface area (Å²) in [5.74, 6) is 2.45. The van der Waals surface area contributed by atoms with Gasteiger partial charge in [-0.15, -0.1) is 23.1 Å². The van der Waals surface area contributed by atoms with Crippen molar-refractivity contribution in [2.75, 3.05) is 11.1 Å². The molecule has 1 amide bonds. The van der Waals surface area contributed by atoms with Gasteiger partial charge in [0.15, 0.2) is 5.75 Å². The van der Waals surface area contributed by atoms with Crippen LogP contribution >= 0.6 is 23.1 Å². The number of carbonyl (C=O) groups is 1. The maximum absolute atomic E-state index is 12.6. The Hall–Kier alpha value is -3.10. The number of aryl methyl sites for hydroxylation is 2. The topological polar surface area (TPSA) is 84.1 Å². The molecule has 8 heteroatoms. The van der Waals surface area contributed by atoms with E-state index in [0.717, 1.165) is 29.5 Å². The summed E-state index contributed by atoms with van der Waals surface area (Å²) in [6.45, 7) is 0. The highest BCUT2D eigenvalue weighted by Gasteiger charge is 2.21. The third-order valence-corrected chi connectivity index (χ3v) is 7.36. The number of fused-ring (bicyclic) bond motifs is 3. The van der Waals surface area contributed by atoms with Crippen molar-refractivity contribution in [2.45, 2.75) is 25.0 Å². The van der Waals surface area contributed by atoms with E-state index in [2.05, 4.69) is 15.3 Å². The zero-order valence-electron chi connectivity index (χ0n) is 17.2. The summed E-state index contributed by atoms with van der Waals surface area (Å²) >= 11 is 3.04. The third-order valence-electron chi connectivity index (χ3n) is 5.23. The van der Waals surface area contributed by atoms with Crippen LogP contribution in [0.4, 0.5) is 5.69 Å². The molecule has 2 aromatic carbocycles. The first-order valence-electron chi connectivity index (χ1n) is 10.4. The van der Waals surface area contributed by atoms with Gasteiger partial charge in [0.05, 0.1) is 22.6 Å². The number of nitrogens with zero attached hydrogens (tertiary/aromatic N) is 1. The zero-order chi connectivity index (χ0) is 21.9. The lowest BCUT2D eigenvalue weighted by molar-refractivity contribution is -0.113. The van der Waals surface area contributed by atoms with Gasteiger partial charge in [-0.3, -0.25) is 9.59 Å². The molecule has 0 fully saturated rings. The van der Waals surface area contributed by atoms with Crippen LogP contribution in [-0.4, -0.2) is 21.6 Å². The van der Waals surface area contributed by atoms with E-state index in [1.807, 2.05) is 54.6 Å². The number of nitrogens with one attached hydrogen (secondary N) is 2. The molecule has 4 aromatic rings. The average Bonchev–Trinajstić information content (AvgIpc) is 3.37. The number of H-pyrrole nitrogens is 1. The predicted molar refractivity (Wildman–Crippen MR) is 130 cm³/mol. The highest BCUT2D eigenvalue weighted by Crippen LogP contribution is 2.34. The van der Waals surface area contributed by atoms with E-state index in [1.54, 1.807) is 11.3 Å². The number of carbonyl (C=O) groups excluding carboxylic acids is 1. The Morgan fingerprint density at radius 2 is 1.94 bits per heavy atom. The first-order chi connectivity index (χ1) is 15.7. The predicted octanol–water partition coefficient (Wildman–Crippen LogP) is 5.14. The second-order valence-corrected chi connectivity index (χ2v) is 9.57. The van der Waals surface area contributed by atoms with Gasteiger partial charge in [-0.05, 0) is 49.1 Å². The van der Waals surface area contributed by atoms with Crippen LogP contribution in [0.25, 0.3) is 10.2 Å². The number of thioether (sulfide) groups is 1. The molecular weight excluding hydrogens is 442 g/mol. The van der Waals surface area contributed by atoms with E-state index in [1.165, 1.54) is 22.2 Å². The van der Waals surface area contributed by atoms with Crippen LogP contribution in [0.3, 0.4) is 0 Å². The highest BCUT2D eigenvalue weighted by molar-refractivity contribution is 7.99. The summed E-state index contributed by atoms with van der Waals surface area (Å²) < 4.78 is 5.89. The second-order valence-electron chi connectivity index (χ2n) is 7.50. The number of para-hydroxylation sites is 3. The highest BCUT2D eigenvalue weighted by atomic mass is 32.2. The Kier molecular flexibility index (Phi) is 5.96. The van der Waals surface area contributed by atoms with E-state index < -0.39 is 0 Å². The zero-order valence-corrected chi connectivity index (χ0v) is 18.9. The molecular formula is C24H21N3O3S2. The molecule has 0 saturated heterocycles. The van der Waals surface area contributed by atoms with Crippen molar-refractivity contribution in [1.82, 2.24) is 9.97 Å². The van der Waals surface area contributed by atoms with E-state index in [9.17, 15) is 9.59 Å². The summed E-state index contributed by atoms with van der Waals surface area (Å²) in [7, 11) is 0. The Morgan fingerprint density at radius 3 is 2.81 bits per heavy atom. The van der Waals surface area contributed by atoms with Gasteiger partial charge in [-0.25, -0.2) is 4.98 Å². The Morgan fingerprint density at radius 1 is 1.12 bits per heavy atom. The molecule has 162 valence electrons. The molecule has 0 spiro atoms. The van der Waals surface area contributed by atoms with E-state index in [4.69, 9.17) is 4.74 Å². The number of aromatic amines is 1. The minimum atomic E-state index is -0.141. The largest absolute Gasteiger partial charge is 0.455 e. The second kappa shape index (κ2) is 9.18. The lowest BCUT2D eigenvalue weighted by atomic mass is 10.2. The van der Waals surface area contributed by atoms with Gasteiger partial charge in [0.1, 0.15) is 16.4 Å². The summed E-state index contributed by atoms with van der Waals surface area (Å²) in [5, 5.41) is 3.66. The number of thiophene rings is 1. The normalized spacial score (nSPS) is 12.6. The van der Waals surface area contributed by atoms with Crippen molar-refractivity contribution in [3.8, 4) is 11.5 Å². The van der Waals surface area contributed by atoms with Gasteiger partial charge in [0.25, 0.3) is 5.56 Å². The number of ether oxygens (including phenoxy) is 1. The van der Waals surface area contributed by atoms with Crippen LogP contribution in [0.1, 0.15) is 22.7 Å². The minimum absolute atomic E-state index is 0.0681. The van der Waals surface area contributed by atoms with Gasteiger partial charge in [-0.1, -0.05) is 30.3 Å². The fraction of sp³-hybridized carbons (Fsp3) is 0.208. The van der Waals surface area contributed by atoms with Crippen molar-refractivity contribution in [3.05, 3.63) is 81.2 Å². The lowest BCUT2D eigenvalue weighted by Gasteiger charge is -2.12. The van der Waals surface area contributed by atoms with Gasteiger partial charge in [0.2, 0.25) is 5.91 Å². The Balaban J connectivity index is 1.21. The average molecular weight is 464 g/mol. The number of hydrogen-bond acceptors (Lipinski definition) is 6. The summed E-state index contributed by atoms with van der Waals surface area (Å²) in [6.07, 6.45) is 3.11. The van der Waals surface area contributed by atoms with E-state index in [-0.39, 0.29) is 17.2 Å². The molecule has 0 bridgehead atoms. The molecule has 2 heterocycles. The van der Waals surface area contributed by atoms with E-state index >= 15 is 0 Å². The quantitative estimate of drug-likeness (QED) is 0.397. The number of anilines is 1. The molecule has 2 N–H and O–H groups in total. The first kappa shape index (κ1) is 20.8. The number of rotatable bonds is 7. The Labute approximate surface area is 193 Å². The standard InChI is InChI=1S/C24H21N3O3S2/c28-21(25-17-10-4-5-11-18(17)30-15-7-2-1-3-8-15)14-31-13-20-26-23(29)22-16-9-6-12-19(16)32-24(22)27-20/h1-5,7-8,10-11H,6,9,12-14H2,(H,25,28)(H,26,27,29). The lowest BCUT2D eigenvalue weighted by Crippen LogP contribution is -2.15.